The van der Waals surface area contributed by atoms with Crippen LogP contribution in [0.25, 0.3) is 0 Å². The fourth-order valence-corrected chi connectivity index (χ4v) is 1.24. The van der Waals surface area contributed by atoms with Gasteiger partial charge in [0.15, 0.2) is 0 Å². The molecule has 0 saturated heterocycles. The lowest BCUT2D eigenvalue weighted by Gasteiger charge is -2.06. The zero-order valence-electron chi connectivity index (χ0n) is 11.2. The molecule has 0 aliphatic rings. The molecule has 0 radical (unpaired) electrons. The first-order chi connectivity index (χ1) is 8.41. The van der Waals surface area contributed by atoms with Crippen molar-refractivity contribution in [2.75, 3.05) is 67.0 Å². The van der Waals surface area contributed by atoms with E-state index in [9.17, 15) is 0 Å². The van der Waals surface area contributed by atoms with Crippen molar-refractivity contribution in [2.24, 2.45) is 0 Å². The first-order valence-electron chi connectivity index (χ1n) is 6.26. The molecule has 0 spiro atoms. The molecule has 0 unspecified atom stereocenters. The molecule has 0 atom stereocenters. The van der Waals surface area contributed by atoms with E-state index in [2.05, 4.69) is 5.32 Å². The van der Waals surface area contributed by atoms with Gasteiger partial charge in [-0.1, -0.05) is 0 Å². The molecule has 17 heavy (non-hydrogen) atoms. The summed E-state index contributed by atoms with van der Waals surface area (Å²) in [6.07, 6.45) is 1.98. The normalized spacial score (nSPS) is 10.9. The van der Waals surface area contributed by atoms with E-state index < -0.39 is 0 Å². The van der Waals surface area contributed by atoms with E-state index in [1.165, 1.54) is 0 Å². The van der Waals surface area contributed by atoms with E-state index in [-0.39, 0.29) is 0 Å². The lowest BCUT2D eigenvalue weighted by atomic mass is 10.4. The first-order valence-corrected chi connectivity index (χ1v) is 6.26. The highest BCUT2D eigenvalue weighted by Gasteiger charge is 1.91. The second kappa shape index (κ2) is 15.8. The van der Waals surface area contributed by atoms with Gasteiger partial charge in [0.2, 0.25) is 0 Å². The van der Waals surface area contributed by atoms with Crippen LogP contribution < -0.4 is 5.32 Å². The third kappa shape index (κ3) is 15.8. The fourth-order valence-electron chi connectivity index (χ4n) is 1.24. The highest BCUT2D eigenvalue weighted by Crippen LogP contribution is 1.84. The zero-order valence-corrected chi connectivity index (χ0v) is 11.2. The van der Waals surface area contributed by atoms with Gasteiger partial charge in [0, 0.05) is 40.6 Å². The Morgan fingerprint density at radius 1 is 0.647 bits per heavy atom. The predicted molar refractivity (Wildman–Crippen MR) is 67.5 cm³/mol. The van der Waals surface area contributed by atoms with Crippen molar-refractivity contribution in [3.63, 3.8) is 0 Å². The Hall–Kier alpha value is -0.200. The summed E-state index contributed by atoms with van der Waals surface area (Å²) >= 11 is 0. The molecule has 0 aromatic heterocycles. The second-order valence-corrected chi connectivity index (χ2v) is 3.67. The molecule has 5 nitrogen and oxygen atoms in total. The van der Waals surface area contributed by atoms with Crippen molar-refractivity contribution in [3.8, 4) is 0 Å². The summed E-state index contributed by atoms with van der Waals surface area (Å²) in [7, 11) is 3.42. The van der Waals surface area contributed by atoms with Gasteiger partial charge >= 0.3 is 0 Å². The van der Waals surface area contributed by atoms with Gasteiger partial charge in [0.25, 0.3) is 0 Å². The smallest absolute Gasteiger partial charge is 0.0701 e. The van der Waals surface area contributed by atoms with Gasteiger partial charge in [-0.3, -0.25) is 0 Å². The molecule has 0 amide bonds. The molecule has 0 bridgehead atoms. The molecule has 1 N–H and O–H groups in total. The largest absolute Gasteiger partial charge is 0.385 e. The Morgan fingerprint density at radius 2 is 1.29 bits per heavy atom. The number of hydrogen-bond acceptors (Lipinski definition) is 5. The maximum Gasteiger partial charge on any atom is 0.0701 e. The molecule has 0 saturated carbocycles. The van der Waals surface area contributed by atoms with Crippen molar-refractivity contribution in [1.82, 2.24) is 5.32 Å². The van der Waals surface area contributed by atoms with Crippen LogP contribution in [0.15, 0.2) is 0 Å². The number of hydrogen-bond donors (Lipinski definition) is 1. The highest BCUT2D eigenvalue weighted by atomic mass is 16.5. The maximum atomic E-state index is 5.40. The Kier molecular flexibility index (Phi) is 15.6. The highest BCUT2D eigenvalue weighted by molar-refractivity contribution is 4.46. The molecular formula is C12H27NO4. The van der Waals surface area contributed by atoms with E-state index in [1.54, 1.807) is 14.2 Å². The molecule has 0 aromatic rings. The summed E-state index contributed by atoms with van der Waals surface area (Å²) in [5, 5.41) is 3.28. The van der Waals surface area contributed by atoms with Crippen molar-refractivity contribution in [2.45, 2.75) is 12.8 Å². The fraction of sp³-hybridized carbons (Fsp3) is 1.00. The second-order valence-electron chi connectivity index (χ2n) is 3.67. The number of ether oxygens (including phenoxy) is 4. The number of nitrogens with one attached hydrogen (secondary N) is 1. The average Bonchev–Trinajstić information content (AvgIpc) is 2.35. The minimum atomic E-state index is 0.659. The lowest BCUT2D eigenvalue weighted by Crippen LogP contribution is -2.22. The molecular weight excluding hydrogens is 222 g/mol. The van der Waals surface area contributed by atoms with Crippen LogP contribution in [-0.2, 0) is 18.9 Å². The monoisotopic (exact) mass is 249 g/mol. The van der Waals surface area contributed by atoms with E-state index in [1.807, 2.05) is 0 Å². The topological polar surface area (TPSA) is 49.0 Å². The van der Waals surface area contributed by atoms with Gasteiger partial charge in [-0.25, -0.2) is 0 Å². The summed E-state index contributed by atoms with van der Waals surface area (Å²) in [5.74, 6) is 0. The van der Waals surface area contributed by atoms with Crippen LogP contribution >= 0.6 is 0 Å². The molecule has 0 aliphatic carbocycles. The van der Waals surface area contributed by atoms with E-state index in [0.717, 1.165) is 52.4 Å². The summed E-state index contributed by atoms with van der Waals surface area (Å²) in [4.78, 5) is 0. The molecule has 104 valence electrons. The third-order valence-corrected chi connectivity index (χ3v) is 2.13. The van der Waals surface area contributed by atoms with Crippen LogP contribution in [0.3, 0.4) is 0 Å². The van der Waals surface area contributed by atoms with Gasteiger partial charge in [-0.05, 0) is 19.4 Å². The van der Waals surface area contributed by atoms with Crippen LogP contribution in [0.1, 0.15) is 12.8 Å². The zero-order chi connectivity index (χ0) is 12.6. The Bertz CT molecular complexity index is 122. The Balaban J connectivity index is 2.85. The molecule has 0 fully saturated rings. The van der Waals surface area contributed by atoms with Crippen molar-refractivity contribution >= 4 is 0 Å². The summed E-state index contributed by atoms with van der Waals surface area (Å²) in [6.45, 7) is 6.22. The predicted octanol–water partition coefficient (Wildman–Crippen LogP) is 0.682. The molecule has 5 heteroatoms. The molecule has 0 aromatic carbocycles. The van der Waals surface area contributed by atoms with Crippen LogP contribution in [0.4, 0.5) is 0 Å². The summed E-state index contributed by atoms with van der Waals surface area (Å²) in [6, 6.07) is 0. The molecule has 0 heterocycles. The third-order valence-electron chi connectivity index (χ3n) is 2.13. The maximum absolute atomic E-state index is 5.40. The number of rotatable bonds is 14. The van der Waals surface area contributed by atoms with Crippen molar-refractivity contribution < 1.29 is 18.9 Å². The van der Waals surface area contributed by atoms with Crippen LogP contribution in [0.2, 0.25) is 0 Å². The SMILES string of the molecule is COCCCNCCOCCOCCCOC. The van der Waals surface area contributed by atoms with Gasteiger partial charge in [0.1, 0.15) is 0 Å². The van der Waals surface area contributed by atoms with E-state index >= 15 is 0 Å². The minimum absolute atomic E-state index is 0.659. The summed E-state index contributed by atoms with van der Waals surface area (Å²) < 4.78 is 20.6. The Morgan fingerprint density at radius 3 is 2.00 bits per heavy atom. The van der Waals surface area contributed by atoms with Gasteiger partial charge in [-0.2, -0.15) is 0 Å². The lowest BCUT2D eigenvalue weighted by molar-refractivity contribution is 0.0408. The molecule has 0 rings (SSSR count). The average molecular weight is 249 g/mol. The Labute approximate surface area is 105 Å². The van der Waals surface area contributed by atoms with Gasteiger partial charge in [-0.15, -0.1) is 0 Å². The first kappa shape index (κ1) is 16.8. The molecule has 0 aliphatic heterocycles. The van der Waals surface area contributed by atoms with Gasteiger partial charge < -0.3 is 24.3 Å². The van der Waals surface area contributed by atoms with E-state index in [4.69, 9.17) is 18.9 Å². The van der Waals surface area contributed by atoms with Crippen LogP contribution in [-0.4, -0.2) is 67.0 Å². The van der Waals surface area contributed by atoms with Gasteiger partial charge in [0.05, 0.1) is 19.8 Å². The van der Waals surface area contributed by atoms with E-state index in [0.29, 0.717) is 13.2 Å². The quantitative estimate of drug-likeness (QED) is 0.459. The summed E-state index contributed by atoms with van der Waals surface area (Å²) in [5.41, 5.74) is 0. The standard InChI is InChI=1S/C12H27NO4/c1-14-7-3-5-13-6-10-17-12-11-16-9-4-8-15-2/h13H,3-12H2,1-2H3. The van der Waals surface area contributed by atoms with Crippen molar-refractivity contribution in [1.29, 1.82) is 0 Å². The van der Waals surface area contributed by atoms with Crippen LogP contribution in [0, 0.1) is 0 Å². The van der Waals surface area contributed by atoms with Crippen molar-refractivity contribution in [3.05, 3.63) is 0 Å². The minimum Gasteiger partial charge on any atom is -0.385 e. The number of methoxy groups -OCH3 is 2. The van der Waals surface area contributed by atoms with Crippen LogP contribution in [0.5, 0.6) is 0 Å².